The van der Waals surface area contributed by atoms with E-state index >= 15 is 0 Å². The number of para-hydroxylation sites is 1. The van der Waals surface area contributed by atoms with E-state index in [0.29, 0.717) is 5.02 Å². The first-order valence-corrected chi connectivity index (χ1v) is 9.70. The molecule has 0 spiro atoms. The number of nitrogens with two attached hydrogens (primary N) is 1. The van der Waals surface area contributed by atoms with Gasteiger partial charge in [-0.15, -0.1) is 0 Å². The zero-order valence-corrected chi connectivity index (χ0v) is 17.1. The van der Waals surface area contributed by atoms with Gasteiger partial charge in [0.25, 0.3) is 0 Å². The number of hydrogen-bond acceptors (Lipinski definition) is 4. The second-order valence-electron chi connectivity index (χ2n) is 6.38. The van der Waals surface area contributed by atoms with E-state index in [4.69, 9.17) is 17.3 Å². The van der Waals surface area contributed by atoms with Crippen molar-refractivity contribution in [1.29, 1.82) is 0 Å². The van der Waals surface area contributed by atoms with Crippen LogP contribution in [0.5, 0.6) is 0 Å². The summed E-state index contributed by atoms with van der Waals surface area (Å²) in [6.45, 7) is 2.24. The first-order valence-electron chi connectivity index (χ1n) is 8.55. The van der Waals surface area contributed by atoms with E-state index in [1.165, 1.54) is 6.08 Å². The van der Waals surface area contributed by atoms with Crippen LogP contribution in [0.25, 0.3) is 22.0 Å². The summed E-state index contributed by atoms with van der Waals surface area (Å²) in [6, 6.07) is 7.84. The van der Waals surface area contributed by atoms with Gasteiger partial charge in [-0.05, 0) is 51.2 Å². The summed E-state index contributed by atoms with van der Waals surface area (Å²) in [7, 11) is 3.97. The van der Waals surface area contributed by atoms with Crippen LogP contribution in [-0.2, 0) is 6.54 Å². The molecule has 0 aliphatic heterocycles. The molecule has 4 nitrogen and oxygen atoms in total. The molecule has 2 aromatic heterocycles. The molecule has 3 rings (SSSR count). The highest BCUT2D eigenvalue weighted by Crippen LogP contribution is 2.39. The quantitative estimate of drug-likeness (QED) is 0.584. The van der Waals surface area contributed by atoms with Gasteiger partial charge in [0, 0.05) is 46.0 Å². The van der Waals surface area contributed by atoms with E-state index in [-0.39, 0.29) is 18.9 Å². The van der Waals surface area contributed by atoms with E-state index in [2.05, 4.69) is 11.1 Å². The van der Waals surface area contributed by atoms with Gasteiger partial charge in [-0.3, -0.25) is 9.29 Å². The minimum absolute atomic E-state index is 0.100. The molecule has 0 bridgehead atoms. The van der Waals surface area contributed by atoms with Crippen molar-refractivity contribution in [1.82, 2.24) is 13.9 Å². The largest absolute Gasteiger partial charge is 0.336 e. The van der Waals surface area contributed by atoms with Gasteiger partial charge in [0.1, 0.15) is 5.83 Å². The summed E-state index contributed by atoms with van der Waals surface area (Å²) in [5.41, 5.74) is 9.20. The number of rotatable bonds is 6. The average Bonchev–Trinajstić information content (AvgIpc) is 2.88. The highest BCUT2D eigenvalue weighted by molar-refractivity contribution is 7.97. The summed E-state index contributed by atoms with van der Waals surface area (Å²) in [6.07, 6.45) is 5.05. The van der Waals surface area contributed by atoms with Crippen LogP contribution in [0.15, 0.2) is 53.5 Å². The molecule has 2 heterocycles. The standard InChI is InChI=1S/C20H22ClFN4S/c1-13-19(14-9-16(11-24-10-14)27-25(2)3)17-5-4-6-18(21)20(17)26(13)12-15(22)7-8-23/h4-7,9-11H,8,12,23H2,1-3H3/b15-7-. The summed E-state index contributed by atoms with van der Waals surface area (Å²) in [5, 5.41) is 1.57. The van der Waals surface area contributed by atoms with Crippen LogP contribution in [0, 0.1) is 6.92 Å². The molecule has 0 aliphatic carbocycles. The summed E-state index contributed by atoms with van der Waals surface area (Å²) in [5.74, 6) is -0.279. The lowest BCUT2D eigenvalue weighted by Crippen LogP contribution is -2.03. The fraction of sp³-hybridized carbons (Fsp3) is 0.250. The van der Waals surface area contributed by atoms with Gasteiger partial charge in [-0.25, -0.2) is 4.39 Å². The van der Waals surface area contributed by atoms with Crippen molar-refractivity contribution in [2.75, 3.05) is 20.6 Å². The number of pyridine rings is 1. The van der Waals surface area contributed by atoms with Crippen LogP contribution in [0.1, 0.15) is 5.69 Å². The first-order chi connectivity index (χ1) is 12.9. The van der Waals surface area contributed by atoms with Crippen LogP contribution in [0.4, 0.5) is 4.39 Å². The molecule has 142 valence electrons. The van der Waals surface area contributed by atoms with Crippen LogP contribution in [0.2, 0.25) is 5.02 Å². The van der Waals surface area contributed by atoms with Gasteiger partial charge in [0.15, 0.2) is 0 Å². The van der Waals surface area contributed by atoms with Crippen molar-refractivity contribution in [2.45, 2.75) is 18.4 Å². The lowest BCUT2D eigenvalue weighted by atomic mass is 10.0. The van der Waals surface area contributed by atoms with Crippen molar-refractivity contribution in [2.24, 2.45) is 5.73 Å². The Morgan fingerprint density at radius 2 is 2.15 bits per heavy atom. The molecule has 0 atom stereocenters. The summed E-state index contributed by atoms with van der Waals surface area (Å²) >= 11 is 8.08. The monoisotopic (exact) mass is 404 g/mol. The molecule has 1 aromatic carbocycles. The predicted octanol–water partition coefficient (Wildman–Crippen LogP) is 5.05. The summed E-state index contributed by atoms with van der Waals surface area (Å²) < 4.78 is 18.2. The number of hydrogen-bond donors (Lipinski definition) is 1. The molecule has 0 fully saturated rings. The van der Waals surface area contributed by atoms with Crippen LogP contribution < -0.4 is 5.73 Å². The molecule has 0 radical (unpaired) electrons. The molecule has 0 aliphatic rings. The van der Waals surface area contributed by atoms with Crippen LogP contribution in [0.3, 0.4) is 0 Å². The SMILES string of the molecule is Cc1c(-c2cncc(SN(C)C)c2)c2cccc(Cl)c2n1C/C(F)=C/CN. The maximum Gasteiger partial charge on any atom is 0.117 e. The number of benzene rings is 1. The fourth-order valence-electron chi connectivity index (χ4n) is 3.21. The zero-order chi connectivity index (χ0) is 19.6. The van der Waals surface area contributed by atoms with Crippen molar-refractivity contribution in [3.63, 3.8) is 0 Å². The normalized spacial score (nSPS) is 12.3. The Labute approximate surface area is 168 Å². The maximum absolute atomic E-state index is 14.2. The Morgan fingerprint density at radius 3 is 2.85 bits per heavy atom. The van der Waals surface area contributed by atoms with Gasteiger partial charge in [0.05, 0.1) is 17.1 Å². The Hall–Kier alpha value is -1.86. The lowest BCUT2D eigenvalue weighted by Gasteiger charge is -2.10. The van der Waals surface area contributed by atoms with Gasteiger partial charge >= 0.3 is 0 Å². The lowest BCUT2D eigenvalue weighted by molar-refractivity contribution is 0.555. The molecule has 0 amide bonds. The topological polar surface area (TPSA) is 47.1 Å². The van der Waals surface area contributed by atoms with Crippen molar-refractivity contribution in [3.8, 4) is 11.1 Å². The van der Waals surface area contributed by atoms with E-state index in [1.54, 1.807) is 11.9 Å². The Morgan fingerprint density at radius 1 is 1.37 bits per heavy atom. The smallest absolute Gasteiger partial charge is 0.117 e. The fourth-order valence-corrected chi connectivity index (χ4v) is 4.20. The molecule has 3 aromatic rings. The Balaban J connectivity index is 2.21. The number of aromatic nitrogens is 2. The number of halogens is 2. The molecule has 0 saturated carbocycles. The minimum atomic E-state index is -0.279. The highest BCUT2D eigenvalue weighted by atomic mass is 35.5. The van der Waals surface area contributed by atoms with Gasteiger partial charge < -0.3 is 10.3 Å². The third-order valence-electron chi connectivity index (χ3n) is 4.23. The van der Waals surface area contributed by atoms with E-state index in [1.807, 2.05) is 60.5 Å². The second-order valence-corrected chi connectivity index (χ2v) is 8.17. The Kier molecular flexibility index (Phi) is 6.22. The third kappa shape index (κ3) is 4.19. The molecule has 7 heteroatoms. The minimum Gasteiger partial charge on any atom is -0.336 e. The number of fused-ring (bicyclic) bond motifs is 1. The van der Waals surface area contributed by atoms with Crippen LogP contribution in [-0.4, -0.2) is 34.5 Å². The van der Waals surface area contributed by atoms with E-state index in [0.717, 1.165) is 32.6 Å². The molecule has 0 saturated heterocycles. The van der Waals surface area contributed by atoms with Crippen molar-refractivity contribution in [3.05, 3.63) is 59.3 Å². The molecular formula is C20H22ClFN4S. The second kappa shape index (κ2) is 8.44. The predicted molar refractivity (Wildman–Crippen MR) is 113 cm³/mol. The first kappa shape index (κ1) is 19.9. The number of allylic oxidation sites excluding steroid dienone is 1. The zero-order valence-electron chi connectivity index (χ0n) is 15.5. The van der Waals surface area contributed by atoms with E-state index < -0.39 is 0 Å². The van der Waals surface area contributed by atoms with Crippen molar-refractivity contribution < 1.29 is 4.39 Å². The maximum atomic E-state index is 14.2. The number of nitrogens with zero attached hydrogens (tertiary/aromatic N) is 3. The van der Waals surface area contributed by atoms with Gasteiger partial charge in [-0.2, -0.15) is 0 Å². The Bertz CT molecular complexity index is 997. The van der Waals surface area contributed by atoms with E-state index in [9.17, 15) is 4.39 Å². The highest BCUT2D eigenvalue weighted by Gasteiger charge is 2.19. The molecule has 0 unspecified atom stereocenters. The molecule has 27 heavy (non-hydrogen) atoms. The summed E-state index contributed by atoms with van der Waals surface area (Å²) in [4.78, 5) is 5.43. The average molecular weight is 405 g/mol. The van der Waals surface area contributed by atoms with Gasteiger partial charge in [0.2, 0.25) is 0 Å². The van der Waals surface area contributed by atoms with Gasteiger partial charge in [-0.1, -0.05) is 23.7 Å². The molecular weight excluding hydrogens is 383 g/mol. The van der Waals surface area contributed by atoms with Crippen molar-refractivity contribution >= 4 is 34.5 Å². The molecule has 2 N–H and O–H groups in total. The third-order valence-corrected chi connectivity index (χ3v) is 5.34. The van der Waals surface area contributed by atoms with Crippen LogP contribution >= 0.6 is 23.5 Å².